The number of ketones is 1. The molecule has 0 fully saturated rings. The van der Waals surface area contributed by atoms with E-state index in [2.05, 4.69) is 4.74 Å². The normalized spacial score (nSPS) is 7.94. The van der Waals surface area contributed by atoms with Crippen molar-refractivity contribution < 1.29 is 32.2 Å². The average Bonchev–Trinajstić information content (AvgIpc) is 2.03. The number of Topliss-reactive ketones (excluding diaryl/α,β-unsaturated/α-hetero) is 1. The maximum absolute atomic E-state index is 10.3. The molecule has 92 valence electrons. The van der Waals surface area contributed by atoms with Crippen LogP contribution < -0.4 is 0 Å². The molecule has 0 saturated heterocycles. The van der Waals surface area contributed by atoms with Crippen molar-refractivity contribution in [1.82, 2.24) is 0 Å². The van der Waals surface area contributed by atoms with Gasteiger partial charge in [0, 0.05) is 6.42 Å². The van der Waals surface area contributed by atoms with E-state index in [0.29, 0.717) is 6.42 Å². The van der Waals surface area contributed by atoms with Crippen molar-refractivity contribution in [2.75, 3.05) is 6.79 Å². The third-order valence-corrected chi connectivity index (χ3v) is 1.08. The Morgan fingerprint density at radius 3 is 2.00 bits per heavy atom. The molecule has 0 amide bonds. The largest absolute Gasteiger partial charge is 2.00 e. The summed E-state index contributed by atoms with van der Waals surface area (Å²) in [5.41, 5.74) is 0. The minimum atomic E-state index is -1.06. The summed E-state index contributed by atoms with van der Waals surface area (Å²) in [7, 11) is 0. The first-order chi connectivity index (χ1) is 6.93. The molecule has 0 atom stereocenters. The Kier molecular flexibility index (Phi) is 19.6. The summed E-state index contributed by atoms with van der Waals surface area (Å²) < 4.78 is 4.20. The van der Waals surface area contributed by atoms with Gasteiger partial charge in [0.2, 0.25) is 0 Å². The third kappa shape index (κ3) is 23.6. The quantitative estimate of drug-likeness (QED) is 0.317. The van der Waals surface area contributed by atoms with Crippen LogP contribution in [0.15, 0.2) is 0 Å². The predicted octanol–water partition coefficient (Wildman–Crippen LogP) is 0.174. The predicted molar refractivity (Wildman–Crippen MR) is 59.0 cm³/mol. The molecular formula is C9H18CaO6. The molecule has 2 N–H and O–H groups in total. The Bertz CT molecular complexity index is 205. The molecule has 0 heterocycles. The second-order valence-corrected chi connectivity index (χ2v) is 2.67. The summed E-state index contributed by atoms with van der Waals surface area (Å²) in [6.45, 7) is 2.62. The maximum Gasteiger partial charge on any atom is 2.00 e. The zero-order chi connectivity index (χ0) is 12.3. The first kappa shape index (κ1) is 21.1. The number of aliphatic hydroxyl groups excluding tert-OH is 1. The van der Waals surface area contributed by atoms with Crippen LogP contribution in [0.5, 0.6) is 0 Å². The van der Waals surface area contributed by atoms with Gasteiger partial charge >= 0.3 is 49.7 Å². The molecule has 0 aromatic carbocycles. The van der Waals surface area contributed by atoms with Crippen molar-refractivity contribution in [3.8, 4) is 0 Å². The van der Waals surface area contributed by atoms with Crippen molar-refractivity contribution in [2.45, 2.75) is 33.1 Å². The molecule has 0 aromatic heterocycles. The number of carboxylic acid groups (broad SMARTS) is 1. The van der Waals surface area contributed by atoms with E-state index in [-0.39, 0.29) is 58.8 Å². The molecule has 0 unspecified atom stereocenters. The molecule has 0 saturated carbocycles. The summed E-state index contributed by atoms with van der Waals surface area (Å²) in [6, 6.07) is 0. The average molecular weight is 262 g/mol. The standard InChI is InChI=1S/C5H10O3.C4H6O3.Ca.2H/c1-2-3-5(7)8-4-6;1-3(5)2-4(6)7;;;/h6H,2-4H2,1H3;2H2,1H3,(H,6,7);;;/q;;+2;2*-1. The van der Waals surface area contributed by atoms with Gasteiger partial charge in [-0.25, -0.2) is 0 Å². The van der Waals surface area contributed by atoms with E-state index in [1.165, 1.54) is 6.92 Å². The van der Waals surface area contributed by atoms with E-state index in [0.717, 1.165) is 6.42 Å². The molecule has 0 spiro atoms. The summed E-state index contributed by atoms with van der Waals surface area (Å²) in [6.07, 6.45) is 0.791. The van der Waals surface area contributed by atoms with Gasteiger partial charge in [0.1, 0.15) is 12.2 Å². The number of carboxylic acids is 1. The molecule has 0 bridgehead atoms. The van der Waals surface area contributed by atoms with Gasteiger partial charge < -0.3 is 17.8 Å². The number of aliphatic hydroxyl groups is 1. The van der Waals surface area contributed by atoms with Crippen molar-refractivity contribution >= 4 is 55.5 Å². The second-order valence-electron chi connectivity index (χ2n) is 2.67. The van der Waals surface area contributed by atoms with Crippen LogP contribution >= 0.6 is 0 Å². The van der Waals surface area contributed by atoms with E-state index in [1.807, 2.05) is 6.92 Å². The zero-order valence-corrected chi connectivity index (χ0v) is 11.8. The SMILES string of the molecule is CC(=O)CC(=O)O.CCCC(=O)OCO.[Ca+2].[H-].[H-]. The number of esters is 1. The molecule has 6 nitrogen and oxygen atoms in total. The summed E-state index contributed by atoms with van der Waals surface area (Å²) >= 11 is 0. The molecule has 0 rings (SSSR count). The van der Waals surface area contributed by atoms with Crippen LogP contribution in [0.3, 0.4) is 0 Å². The fourth-order valence-corrected chi connectivity index (χ4v) is 0.561. The maximum atomic E-state index is 10.3. The smallest absolute Gasteiger partial charge is 1.00 e. The Labute approximate surface area is 127 Å². The van der Waals surface area contributed by atoms with Crippen molar-refractivity contribution in [2.24, 2.45) is 0 Å². The number of rotatable bonds is 5. The molecule has 7 heteroatoms. The van der Waals surface area contributed by atoms with E-state index in [9.17, 15) is 14.4 Å². The minimum absolute atomic E-state index is 0. The van der Waals surface area contributed by atoms with E-state index in [1.54, 1.807) is 0 Å². The van der Waals surface area contributed by atoms with Gasteiger partial charge in [-0.15, -0.1) is 0 Å². The van der Waals surface area contributed by atoms with E-state index < -0.39 is 12.8 Å². The monoisotopic (exact) mass is 262 g/mol. The molecule has 0 aliphatic carbocycles. The fourth-order valence-electron chi connectivity index (χ4n) is 0.561. The Morgan fingerprint density at radius 2 is 1.81 bits per heavy atom. The van der Waals surface area contributed by atoms with Crippen LogP contribution in [0.4, 0.5) is 0 Å². The van der Waals surface area contributed by atoms with Gasteiger partial charge in [0.15, 0.2) is 6.79 Å². The summed E-state index contributed by atoms with van der Waals surface area (Å²) in [4.78, 5) is 29.7. The summed E-state index contributed by atoms with van der Waals surface area (Å²) in [5.74, 6) is -1.71. The second kappa shape index (κ2) is 14.8. The summed E-state index contributed by atoms with van der Waals surface area (Å²) in [5, 5.41) is 15.9. The van der Waals surface area contributed by atoms with Gasteiger partial charge in [-0.1, -0.05) is 6.92 Å². The van der Waals surface area contributed by atoms with Crippen LogP contribution in [-0.4, -0.2) is 72.5 Å². The Morgan fingerprint density at radius 1 is 1.31 bits per heavy atom. The molecule has 0 aliphatic rings. The van der Waals surface area contributed by atoms with Crippen LogP contribution in [0.1, 0.15) is 36.0 Å². The Balaban J connectivity index is -0.0000000540. The van der Waals surface area contributed by atoms with Crippen molar-refractivity contribution in [3.63, 3.8) is 0 Å². The molecular weight excluding hydrogens is 244 g/mol. The third-order valence-electron chi connectivity index (χ3n) is 1.08. The number of carbonyl (C=O) groups excluding carboxylic acids is 2. The molecule has 0 aliphatic heterocycles. The van der Waals surface area contributed by atoms with Crippen molar-refractivity contribution in [1.29, 1.82) is 0 Å². The number of carbonyl (C=O) groups is 3. The van der Waals surface area contributed by atoms with Crippen LogP contribution in [0.2, 0.25) is 0 Å². The number of hydrogen-bond donors (Lipinski definition) is 2. The Hall–Kier alpha value is -0.170. The molecule has 0 aromatic rings. The molecule has 0 radical (unpaired) electrons. The topological polar surface area (TPSA) is 101 Å². The first-order valence-corrected chi connectivity index (χ1v) is 4.41. The zero-order valence-electron chi connectivity index (χ0n) is 11.6. The fraction of sp³-hybridized carbons (Fsp3) is 0.667. The van der Waals surface area contributed by atoms with Gasteiger partial charge in [-0.3, -0.25) is 14.4 Å². The number of aliphatic carboxylic acids is 1. The first-order valence-electron chi connectivity index (χ1n) is 4.41. The van der Waals surface area contributed by atoms with E-state index >= 15 is 0 Å². The van der Waals surface area contributed by atoms with Gasteiger partial charge in [-0.2, -0.15) is 0 Å². The van der Waals surface area contributed by atoms with Gasteiger partial charge in [0.05, 0.1) is 0 Å². The number of hydrogen-bond acceptors (Lipinski definition) is 5. The van der Waals surface area contributed by atoms with Crippen LogP contribution in [0, 0.1) is 0 Å². The van der Waals surface area contributed by atoms with Gasteiger partial charge in [-0.05, 0) is 13.3 Å². The molecule has 16 heavy (non-hydrogen) atoms. The minimum Gasteiger partial charge on any atom is -1.00 e. The van der Waals surface area contributed by atoms with Crippen LogP contribution in [-0.2, 0) is 19.1 Å². The van der Waals surface area contributed by atoms with Gasteiger partial charge in [0.25, 0.3) is 0 Å². The van der Waals surface area contributed by atoms with Crippen molar-refractivity contribution in [3.05, 3.63) is 0 Å². The van der Waals surface area contributed by atoms with Crippen LogP contribution in [0.25, 0.3) is 0 Å². The number of ether oxygens (including phenoxy) is 1. The van der Waals surface area contributed by atoms with E-state index in [4.69, 9.17) is 10.2 Å².